The van der Waals surface area contributed by atoms with Crippen molar-refractivity contribution in [3.05, 3.63) is 53.3 Å². The quantitative estimate of drug-likeness (QED) is 0.581. The van der Waals surface area contributed by atoms with Crippen LogP contribution in [0.4, 0.5) is 0 Å². The van der Waals surface area contributed by atoms with E-state index in [0.29, 0.717) is 38.8 Å². The summed E-state index contributed by atoms with van der Waals surface area (Å²) in [5, 5.41) is 0. The molecule has 0 spiro atoms. The number of rotatable bonds is 8. The lowest BCUT2D eigenvalue weighted by molar-refractivity contribution is -0.149. The van der Waals surface area contributed by atoms with Crippen molar-refractivity contribution in [2.75, 3.05) is 53.1 Å². The predicted molar refractivity (Wildman–Crippen MR) is 131 cm³/mol. The molecule has 1 aromatic carbocycles. The Hall–Kier alpha value is -2.35. The number of methoxy groups -OCH3 is 1. The molecular formula is C27H38N2O5. The maximum absolute atomic E-state index is 13.6. The van der Waals surface area contributed by atoms with E-state index in [-0.39, 0.29) is 12.0 Å². The Morgan fingerprint density at radius 3 is 2.88 bits per heavy atom. The molecule has 1 aliphatic carbocycles. The molecule has 4 rings (SSSR count). The van der Waals surface area contributed by atoms with Crippen molar-refractivity contribution >= 4 is 5.91 Å². The number of morpholine rings is 1. The smallest absolute Gasteiger partial charge is 0.253 e. The van der Waals surface area contributed by atoms with Crippen LogP contribution >= 0.6 is 0 Å². The number of carbonyl (C=O) groups excluding carboxylic acids is 1. The van der Waals surface area contributed by atoms with E-state index in [1.165, 1.54) is 0 Å². The third kappa shape index (κ3) is 6.40. The van der Waals surface area contributed by atoms with Crippen LogP contribution in [0.2, 0.25) is 0 Å². The third-order valence-corrected chi connectivity index (χ3v) is 6.40. The highest BCUT2D eigenvalue weighted by atomic mass is 16.5. The zero-order chi connectivity index (χ0) is 23.9. The van der Waals surface area contributed by atoms with Gasteiger partial charge in [0.1, 0.15) is 23.7 Å². The first-order chi connectivity index (χ1) is 16.5. The van der Waals surface area contributed by atoms with E-state index in [1.54, 1.807) is 7.11 Å². The summed E-state index contributed by atoms with van der Waals surface area (Å²) in [5.41, 5.74) is 2.23. The lowest BCUT2D eigenvalue weighted by atomic mass is 10.0. The Morgan fingerprint density at radius 2 is 2.06 bits per heavy atom. The summed E-state index contributed by atoms with van der Waals surface area (Å²) in [5.74, 6) is 2.18. The SMILES string of the molecule is COc1ccccc1CN1CCOC(C(=O)N(CC2=CCC3OCCCOC3=C2)CC(C)C)C1. The topological polar surface area (TPSA) is 60.5 Å². The predicted octanol–water partition coefficient (Wildman–Crippen LogP) is 3.40. The lowest BCUT2D eigenvalue weighted by Crippen LogP contribution is -2.51. The van der Waals surface area contributed by atoms with Crippen molar-refractivity contribution in [3.8, 4) is 5.75 Å². The number of nitrogens with zero attached hydrogens (tertiary/aromatic N) is 2. The van der Waals surface area contributed by atoms with Crippen molar-refractivity contribution in [3.63, 3.8) is 0 Å². The van der Waals surface area contributed by atoms with Crippen LogP contribution < -0.4 is 4.74 Å². The average molecular weight is 471 g/mol. The first-order valence-electron chi connectivity index (χ1n) is 12.4. The maximum atomic E-state index is 13.6. The van der Waals surface area contributed by atoms with Gasteiger partial charge >= 0.3 is 0 Å². The molecule has 0 N–H and O–H groups in total. The Kier molecular flexibility index (Phi) is 8.64. The van der Waals surface area contributed by atoms with Gasteiger partial charge < -0.3 is 23.8 Å². The van der Waals surface area contributed by atoms with Crippen molar-refractivity contribution in [2.45, 2.75) is 45.4 Å². The van der Waals surface area contributed by atoms with E-state index in [4.69, 9.17) is 18.9 Å². The second kappa shape index (κ2) is 11.9. The zero-order valence-corrected chi connectivity index (χ0v) is 20.7. The van der Waals surface area contributed by atoms with Gasteiger partial charge in [0.25, 0.3) is 5.91 Å². The van der Waals surface area contributed by atoms with Gasteiger partial charge in [-0.1, -0.05) is 38.1 Å². The van der Waals surface area contributed by atoms with Crippen molar-refractivity contribution in [1.82, 2.24) is 9.80 Å². The number of benzene rings is 1. The number of ether oxygens (including phenoxy) is 4. The van der Waals surface area contributed by atoms with Crippen molar-refractivity contribution in [1.29, 1.82) is 0 Å². The van der Waals surface area contributed by atoms with Crippen LogP contribution in [0.15, 0.2) is 47.7 Å². The minimum Gasteiger partial charge on any atom is -0.496 e. The summed E-state index contributed by atoms with van der Waals surface area (Å²) in [4.78, 5) is 17.8. The minimum atomic E-state index is -0.468. The van der Waals surface area contributed by atoms with Gasteiger partial charge in [0.15, 0.2) is 0 Å². The Balaban J connectivity index is 1.42. The van der Waals surface area contributed by atoms with Crippen LogP contribution in [0.3, 0.4) is 0 Å². The molecule has 34 heavy (non-hydrogen) atoms. The average Bonchev–Trinajstić information content (AvgIpc) is 3.08. The number of carbonyl (C=O) groups is 1. The number of hydrogen-bond donors (Lipinski definition) is 0. The van der Waals surface area contributed by atoms with Gasteiger partial charge in [-0.25, -0.2) is 0 Å². The minimum absolute atomic E-state index is 0.00529. The van der Waals surface area contributed by atoms with Gasteiger partial charge in [0.05, 0.1) is 26.9 Å². The summed E-state index contributed by atoms with van der Waals surface area (Å²) >= 11 is 0. The summed E-state index contributed by atoms with van der Waals surface area (Å²) < 4.78 is 23.3. The molecule has 7 nitrogen and oxygen atoms in total. The van der Waals surface area contributed by atoms with Gasteiger partial charge in [0, 0.05) is 44.7 Å². The summed E-state index contributed by atoms with van der Waals surface area (Å²) in [7, 11) is 1.69. The largest absolute Gasteiger partial charge is 0.496 e. The van der Waals surface area contributed by atoms with Gasteiger partial charge in [0.2, 0.25) is 0 Å². The van der Waals surface area contributed by atoms with E-state index in [9.17, 15) is 4.79 Å². The fraction of sp³-hybridized carbons (Fsp3) is 0.593. The molecule has 2 atom stereocenters. The van der Waals surface area contributed by atoms with E-state index in [2.05, 4.69) is 37.0 Å². The molecule has 186 valence electrons. The van der Waals surface area contributed by atoms with Crippen LogP contribution in [-0.2, 0) is 25.5 Å². The molecule has 0 radical (unpaired) electrons. The Bertz CT molecular complexity index is 897. The maximum Gasteiger partial charge on any atom is 0.253 e. The molecule has 0 saturated carbocycles. The number of para-hydroxylation sites is 1. The second-order valence-corrected chi connectivity index (χ2v) is 9.64. The van der Waals surface area contributed by atoms with Crippen molar-refractivity contribution < 1.29 is 23.7 Å². The zero-order valence-electron chi connectivity index (χ0n) is 20.7. The summed E-state index contributed by atoms with van der Waals surface area (Å²) in [6.45, 7) is 9.58. The molecule has 3 aliphatic rings. The molecular weight excluding hydrogens is 432 g/mol. The number of amides is 1. The Labute approximate surface area is 203 Å². The molecule has 1 aromatic rings. The van der Waals surface area contributed by atoms with Gasteiger partial charge in [-0.3, -0.25) is 9.69 Å². The Morgan fingerprint density at radius 1 is 1.21 bits per heavy atom. The number of fused-ring (bicyclic) bond motifs is 1. The van der Waals surface area contributed by atoms with Crippen LogP contribution in [0.5, 0.6) is 5.75 Å². The van der Waals surface area contributed by atoms with Crippen LogP contribution in [0.1, 0.15) is 32.3 Å². The molecule has 2 saturated heterocycles. The molecule has 2 aliphatic heterocycles. The third-order valence-electron chi connectivity index (χ3n) is 6.40. The normalized spacial score (nSPS) is 23.3. The fourth-order valence-electron chi connectivity index (χ4n) is 4.75. The highest BCUT2D eigenvalue weighted by molar-refractivity contribution is 5.81. The molecule has 2 fully saturated rings. The molecule has 2 unspecified atom stereocenters. The number of hydrogen-bond acceptors (Lipinski definition) is 6. The van der Waals surface area contributed by atoms with Crippen LogP contribution in [-0.4, -0.2) is 81.0 Å². The first kappa shape index (κ1) is 24.8. The molecule has 0 aromatic heterocycles. The van der Waals surface area contributed by atoms with Crippen LogP contribution in [0, 0.1) is 5.92 Å². The first-order valence-corrected chi connectivity index (χ1v) is 12.4. The monoisotopic (exact) mass is 470 g/mol. The van der Waals surface area contributed by atoms with Crippen LogP contribution in [0.25, 0.3) is 0 Å². The second-order valence-electron chi connectivity index (χ2n) is 9.64. The van der Waals surface area contributed by atoms with Crippen molar-refractivity contribution in [2.24, 2.45) is 5.92 Å². The van der Waals surface area contributed by atoms with E-state index >= 15 is 0 Å². The molecule has 0 bridgehead atoms. The fourth-order valence-corrected chi connectivity index (χ4v) is 4.75. The standard InChI is InChI=1S/C27H38N2O5/c1-20(2)16-29(17-21-9-10-24-25(15-21)33-13-6-12-32-24)27(30)26-19-28(11-14-34-26)18-22-7-4-5-8-23(22)31-3/h4-5,7-9,15,20,24,26H,6,10-14,16-19H2,1-3H3. The molecule has 2 heterocycles. The van der Waals surface area contributed by atoms with Gasteiger partial charge in [-0.15, -0.1) is 0 Å². The molecule has 1 amide bonds. The van der Waals surface area contributed by atoms with E-state index in [0.717, 1.165) is 55.2 Å². The van der Waals surface area contributed by atoms with Gasteiger partial charge in [-0.2, -0.15) is 0 Å². The van der Waals surface area contributed by atoms with E-state index in [1.807, 2.05) is 23.1 Å². The highest BCUT2D eigenvalue weighted by Crippen LogP contribution is 2.26. The lowest BCUT2D eigenvalue weighted by Gasteiger charge is -2.36. The highest BCUT2D eigenvalue weighted by Gasteiger charge is 2.32. The summed E-state index contributed by atoms with van der Waals surface area (Å²) in [6, 6.07) is 8.04. The molecule has 7 heteroatoms. The van der Waals surface area contributed by atoms with E-state index < -0.39 is 6.10 Å². The summed E-state index contributed by atoms with van der Waals surface area (Å²) in [6.07, 6.45) is 5.48. The van der Waals surface area contributed by atoms with Gasteiger partial charge in [-0.05, 0) is 30.1 Å².